The summed E-state index contributed by atoms with van der Waals surface area (Å²) in [6, 6.07) is 19.9. The normalized spacial score (nSPS) is 15.3. The summed E-state index contributed by atoms with van der Waals surface area (Å²) in [6.45, 7) is 5.07. The van der Waals surface area contributed by atoms with E-state index in [2.05, 4.69) is 44.5 Å². The fourth-order valence-corrected chi connectivity index (χ4v) is 3.80. The van der Waals surface area contributed by atoms with Gasteiger partial charge in [-0.3, -0.25) is 19.3 Å². The molecule has 2 heterocycles. The van der Waals surface area contributed by atoms with Gasteiger partial charge in [-0.2, -0.15) is 5.10 Å². The van der Waals surface area contributed by atoms with Crippen molar-refractivity contribution in [3.05, 3.63) is 71.2 Å². The van der Waals surface area contributed by atoms with Gasteiger partial charge in [-0.15, -0.1) is 0 Å². The lowest BCUT2D eigenvalue weighted by Crippen LogP contribution is -2.48. The van der Waals surface area contributed by atoms with E-state index in [0.29, 0.717) is 17.4 Å². The number of aromatic nitrogens is 2. The molecule has 1 fully saturated rings. The number of aryl methyl sites for hydroxylation is 1. The molecule has 0 spiro atoms. The first-order valence-corrected chi connectivity index (χ1v) is 10.5. The second kappa shape index (κ2) is 9.43. The lowest BCUT2D eigenvalue weighted by molar-refractivity contribution is -0.117. The maximum atomic E-state index is 12.6. The van der Waals surface area contributed by atoms with E-state index >= 15 is 0 Å². The Bertz CT molecular complexity index is 979. The molecule has 1 aliphatic rings. The number of anilines is 1. The highest BCUT2D eigenvalue weighted by Gasteiger charge is 2.20. The molecule has 1 aromatic heterocycles. The Labute approximate surface area is 182 Å². The molecule has 156 valence electrons. The number of nitrogens with one attached hydrogen (secondary N) is 1. The summed E-state index contributed by atoms with van der Waals surface area (Å²) in [6.07, 6.45) is 0. The lowest BCUT2D eigenvalue weighted by atomic mass is 10.1. The van der Waals surface area contributed by atoms with E-state index in [1.54, 1.807) is 4.68 Å². The molecule has 1 saturated heterocycles. The first-order chi connectivity index (χ1) is 14.6. The zero-order valence-corrected chi connectivity index (χ0v) is 17.8. The molecule has 0 bridgehead atoms. The van der Waals surface area contributed by atoms with Gasteiger partial charge in [-0.1, -0.05) is 54.1 Å². The van der Waals surface area contributed by atoms with Crippen LogP contribution in [0.5, 0.6) is 0 Å². The number of hydrogen-bond donors (Lipinski definition) is 1. The molecule has 0 radical (unpaired) electrons. The summed E-state index contributed by atoms with van der Waals surface area (Å²) in [5.41, 5.74) is 3.10. The molecule has 1 N–H and O–H groups in total. The predicted octanol–water partition coefficient (Wildman–Crippen LogP) is 3.50. The minimum atomic E-state index is -0.0165. The van der Waals surface area contributed by atoms with Crippen LogP contribution >= 0.6 is 11.6 Å². The second-order valence-electron chi connectivity index (χ2n) is 7.63. The van der Waals surface area contributed by atoms with Gasteiger partial charge in [0.2, 0.25) is 5.91 Å². The summed E-state index contributed by atoms with van der Waals surface area (Å²) in [5, 5.41) is 8.18. The summed E-state index contributed by atoms with van der Waals surface area (Å²) in [5.74, 6) is 0.671. The van der Waals surface area contributed by atoms with Crippen LogP contribution in [-0.2, 0) is 18.4 Å². The minimum absolute atomic E-state index is 0.0165. The molecule has 1 aliphatic heterocycles. The Morgan fingerprint density at radius 3 is 2.37 bits per heavy atom. The monoisotopic (exact) mass is 423 g/mol. The summed E-state index contributed by atoms with van der Waals surface area (Å²) in [4.78, 5) is 17.2. The lowest BCUT2D eigenvalue weighted by Gasteiger charge is -2.34. The Kier molecular flexibility index (Phi) is 6.47. The molecule has 0 aliphatic carbocycles. The van der Waals surface area contributed by atoms with Crippen LogP contribution in [0, 0.1) is 0 Å². The van der Waals surface area contributed by atoms with Gasteiger partial charge in [0.05, 0.1) is 12.2 Å². The van der Waals surface area contributed by atoms with Gasteiger partial charge < -0.3 is 5.32 Å². The quantitative estimate of drug-likeness (QED) is 0.659. The van der Waals surface area contributed by atoms with Gasteiger partial charge in [0, 0.05) is 56.4 Å². The third-order valence-corrected chi connectivity index (χ3v) is 5.62. The van der Waals surface area contributed by atoms with Crippen molar-refractivity contribution in [1.82, 2.24) is 19.6 Å². The van der Waals surface area contributed by atoms with Gasteiger partial charge in [0.15, 0.2) is 0 Å². The Morgan fingerprint density at radius 2 is 1.67 bits per heavy atom. The third-order valence-electron chi connectivity index (χ3n) is 5.37. The van der Waals surface area contributed by atoms with E-state index in [9.17, 15) is 4.79 Å². The topological polar surface area (TPSA) is 53.4 Å². The highest BCUT2D eigenvalue weighted by Crippen LogP contribution is 2.23. The van der Waals surface area contributed by atoms with Crippen molar-refractivity contribution in [2.24, 2.45) is 7.05 Å². The molecule has 0 unspecified atom stereocenters. The zero-order valence-electron chi connectivity index (χ0n) is 17.1. The number of halogens is 1. The van der Waals surface area contributed by atoms with Crippen LogP contribution in [0.25, 0.3) is 11.3 Å². The fourth-order valence-electron chi connectivity index (χ4n) is 3.68. The average molecular weight is 424 g/mol. The van der Waals surface area contributed by atoms with E-state index < -0.39 is 0 Å². The van der Waals surface area contributed by atoms with Crippen LogP contribution in [0.15, 0.2) is 60.7 Å². The van der Waals surface area contributed by atoms with Crippen LogP contribution in [0.1, 0.15) is 5.56 Å². The van der Waals surface area contributed by atoms with Gasteiger partial charge >= 0.3 is 0 Å². The average Bonchev–Trinajstić information content (AvgIpc) is 3.11. The second-order valence-corrected chi connectivity index (χ2v) is 8.07. The third kappa shape index (κ3) is 5.27. The minimum Gasteiger partial charge on any atom is -0.310 e. The van der Waals surface area contributed by atoms with Crippen LogP contribution in [0.3, 0.4) is 0 Å². The molecule has 0 saturated carbocycles. The Morgan fingerprint density at radius 1 is 1.00 bits per heavy atom. The van der Waals surface area contributed by atoms with Crippen LogP contribution in [0.2, 0.25) is 5.02 Å². The van der Waals surface area contributed by atoms with Crippen molar-refractivity contribution < 1.29 is 4.79 Å². The molecule has 1 amide bonds. The Balaban J connectivity index is 1.28. The van der Waals surface area contributed by atoms with E-state index in [1.165, 1.54) is 5.56 Å². The number of carbonyl (C=O) groups excluding carboxylic acids is 1. The maximum Gasteiger partial charge on any atom is 0.239 e. The number of rotatable bonds is 6. The van der Waals surface area contributed by atoms with E-state index in [0.717, 1.165) is 44.0 Å². The largest absolute Gasteiger partial charge is 0.310 e. The molecule has 3 aromatic rings. The van der Waals surface area contributed by atoms with Gasteiger partial charge in [0.25, 0.3) is 0 Å². The van der Waals surface area contributed by atoms with Gasteiger partial charge in [-0.05, 0) is 17.7 Å². The van der Waals surface area contributed by atoms with Gasteiger partial charge in [-0.25, -0.2) is 0 Å². The smallest absolute Gasteiger partial charge is 0.239 e. The van der Waals surface area contributed by atoms with Gasteiger partial charge in [0.1, 0.15) is 5.82 Å². The van der Waals surface area contributed by atoms with Crippen molar-refractivity contribution in [3.8, 4) is 11.3 Å². The summed E-state index contributed by atoms with van der Waals surface area (Å²) in [7, 11) is 1.83. The van der Waals surface area contributed by atoms with E-state index in [4.69, 9.17) is 11.6 Å². The summed E-state index contributed by atoms with van der Waals surface area (Å²) < 4.78 is 1.69. The summed E-state index contributed by atoms with van der Waals surface area (Å²) >= 11 is 5.96. The van der Waals surface area contributed by atoms with Crippen molar-refractivity contribution in [3.63, 3.8) is 0 Å². The molecule has 0 atom stereocenters. The molecule has 2 aromatic carbocycles. The van der Waals surface area contributed by atoms with E-state index in [-0.39, 0.29) is 5.91 Å². The van der Waals surface area contributed by atoms with Crippen LogP contribution in [-0.4, -0.2) is 58.2 Å². The van der Waals surface area contributed by atoms with E-state index in [1.807, 2.05) is 43.4 Å². The number of piperazine rings is 1. The molecule has 7 heteroatoms. The molecule has 6 nitrogen and oxygen atoms in total. The first-order valence-electron chi connectivity index (χ1n) is 10.2. The number of amides is 1. The first kappa shape index (κ1) is 20.6. The molecule has 30 heavy (non-hydrogen) atoms. The molecular weight excluding hydrogens is 398 g/mol. The van der Waals surface area contributed by atoms with Crippen molar-refractivity contribution in [2.75, 3.05) is 38.0 Å². The zero-order chi connectivity index (χ0) is 20.9. The SMILES string of the molecule is Cn1nc(-c2ccc(Cl)cc2)cc1NC(=O)CN1CCN(Cc2ccccc2)CC1. The van der Waals surface area contributed by atoms with Crippen molar-refractivity contribution in [2.45, 2.75) is 6.54 Å². The van der Waals surface area contributed by atoms with Crippen molar-refractivity contribution >= 4 is 23.3 Å². The number of nitrogens with zero attached hydrogens (tertiary/aromatic N) is 4. The number of hydrogen-bond acceptors (Lipinski definition) is 4. The number of benzene rings is 2. The van der Waals surface area contributed by atoms with Crippen LogP contribution in [0.4, 0.5) is 5.82 Å². The standard InChI is InChI=1S/C23H26ClN5O/c1-27-22(15-21(26-27)19-7-9-20(24)10-8-19)25-23(30)17-29-13-11-28(12-14-29)16-18-5-3-2-4-6-18/h2-10,15H,11-14,16-17H2,1H3,(H,25,30). The maximum absolute atomic E-state index is 12.6. The molecular formula is C23H26ClN5O. The van der Waals surface area contributed by atoms with Crippen LogP contribution < -0.4 is 5.32 Å². The Hall–Kier alpha value is -2.67. The highest BCUT2D eigenvalue weighted by atomic mass is 35.5. The predicted molar refractivity (Wildman–Crippen MR) is 120 cm³/mol. The fraction of sp³-hybridized carbons (Fsp3) is 0.304. The molecule has 4 rings (SSSR count). The number of carbonyl (C=O) groups is 1. The van der Waals surface area contributed by atoms with Crippen molar-refractivity contribution in [1.29, 1.82) is 0 Å². The highest BCUT2D eigenvalue weighted by molar-refractivity contribution is 6.30.